The van der Waals surface area contributed by atoms with Crippen LogP contribution in [0, 0.1) is 27.4 Å². The second kappa shape index (κ2) is 9.78. The zero-order valence-electron chi connectivity index (χ0n) is 17.8. The number of carbonyl (C=O) groups is 1. The Bertz CT molecular complexity index is 1000. The zero-order valence-corrected chi connectivity index (χ0v) is 17.8. The number of benzene rings is 1. The van der Waals surface area contributed by atoms with Gasteiger partial charge >= 0.3 is 5.97 Å². The van der Waals surface area contributed by atoms with Crippen molar-refractivity contribution < 1.29 is 14.5 Å². The van der Waals surface area contributed by atoms with Crippen LogP contribution in [0.4, 0.5) is 17.1 Å². The molecule has 3 aliphatic rings. The molecule has 1 aliphatic carbocycles. The number of nitro benzene ring substituents is 1. The van der Waals surface area contributed by atoms with Crippen LogP contribution in [0.5, 0.6) is 0 Å². The Labute approximate surface area is 186 Å². The Kier molecular flexibility index (Phi) is 6.66. The lowest BCUT2D eigenvalue weighted by molar-refractivity contribution is -0.384. The first-order valence-electron chi connectivity index (χ1n) is 11.0. The molecule has 2 N–H and O–H groups in total. The van der Waals surface area contributed by atoms with Gasteiger partial charge in [0.1, 0.15) is 11.8 Å². The summed E-state index contributed by atoms with van der Waals surface area (Å²) in [7, 11) is 0. The monoisotopic (exact) mass is 438 g/mol. The summed E-state index contributed by atoms with van der Waals surface area (Å²) < 4.78 is 5.53. The van der Waals surface area contributed by atoms with Crippen molar-refractivity contribution in [2.75, 3.05) is 38.1 Å². The van der Waals surface area contributed by atoms with Crippen LogP contribution in [-0.4, -0.2) is 54.4 Å². The highest BCUT2D eigenvalue weighted by molar-refractivity contribution is 6.12. The van der Waals surface area contributed by atoms with Crippen LogP contribution in [0.3, 0.4) is 0 Å². The van der Waals surface area contributed by atoms with E-state index in [0.29, 0.717) is 42.8 Å². The fraction of sp³-hybridized carbons (Fsp3) is 0.500. The maximum Gasteiger partial charge on any atom is 0.351 e. The maximum absolute atomic E-state index is 12.9. The van der Waals surface area contributed by atoms with Crippen LogP contribution in [0.15, 0.2) is 34.5 Å². The van der Waals surface area contributed by atoms with E-state index in [9.17, 15) is 20.2 Å². The molecular formula is C22H26N6O4. The van der Waals surface area contributed by atoms with Crippen molar-refractivity contribution in [3.05, 3.63) is 39.6 Å². The lowest BCUT2D eigenvalue weighted by Gasteiger charge is -2.34. The third-order valence-electron chi connectivity index (χ3n) is 6.06. The molecule has 0 atom stereocenters. The number of rotatable bonds is 4. The van der Waals surface area contributed by atoms with Crippen LogP contribution in [0.2, 0.25) is 0 Å². The minimum absolute atomic E-state index is 0.0752. The van der Waals surface area contributed by atoms with E-state index in [4.69, 9.17) is 4.74 Å². The fourth-order valence-corrected chi connectivity index (χ4v) is 4.30. The van der Waals surface area contributed by atoms with Crippen molar-refractivity contribution in [1.82, 2.24) is 10.2 Å². The molecule has 10 nitrogen and oxygen atoms in total. The average Bonchev–Trinajstić information content (AvgIpc) is 2.83. The van der Waals surface area contributed by atoms with Gasteiger partial charge in [-0.2, -0.15) is 5.26 Å². The molecular weight excluding hydrogens is 412 g/mol. The Morgan fingerprint density at radius 2 is 2.03 bits per heavy atom. The number of nitro groups is 1. The first-order valence-corrected chi connectivity index (χ1v) is 11.0. The van der Waals surface area contributed by atoms with Gasteiger partial charge in [0.25, 0.3) is 5.69 Å². The summed E-state index contributed by atoms with van der Waals surface area (Å²) >= 11 is 0. The predicted molar refractivity (Wildman–Crippen MR) is 118 cm³/mol. The van der Waals surface area contributed by atoms with E-state index in [1.165, 1.54) is 24.6 Å². The third-order valence-corrected chi connectivity index (χ3v) is 6.06. The molecule has 0 unspecified atom stereocenters. The summed E-state index contributed by atoms with van der Waals surface area (Å²) in [6.45, 7) is 3.01. The van der Waals surface area contributed by atoms with E-state index < -0.39 is 10.9 Å². The predicted octanol–water partition coefficient (Wildman–Crippen LogP) is 2.86. The number of non-ortho nitro benzene ring substituents is 1. The number of ether oxygens (including phenoxy) is 1. The fourth-order valence-electron chi connectivity index (χ4n) is 4.30. The zero-order chi connectivity index (χ0) is 22.5. The van der Waals surface area contributed by atoms with Crippen LogP contribution in [0.1, 0.15) is 32.1 Å². The molecule has 2 aliphatic heterocycles. The van der Waals surface area contributed by atoms with Gasteiger partial charge in [-0.3, -0.25) is 10.1 Å². The smallest absolute Gasteiger partial charge is 0.351 e. The average molecular weight is 438 g/mol. The number of hydrogen-bond donors (Lipinski definition) is 2. The van der Waals surface area contributed by atoms with Crippen molar-refractivity contribution in [3.63, 3.8) is 0 Å². The topological polar surface area (TPSA) is 133 Å². The molecule has 32 heavy (non-hydrogen) atoms. The molecule has 0 amide bonds. The van der Waals surface area contributed by atoms with E-state index in [2.05, 4.69) is 15.6 Å². The summed E-state index contributed by atoms with van der Waals surface area (Å²) in [6.07, 6.45) is 5.55. The van der Waals surface area contributed by atoms with Gasteiger partial charge in [0, 0.05) is 38.3 Å². The lowest BCUT2D eigenvalue weighted by Crippen LogP contribution is -2.48. The molecule has 2 fully saturated rings. The van der Waals surface area contributed by atoms with Gasteiger partial charge in [0.2, 0.25) is 0 Å². The molecule has 1 saturated heterocycles. The van der Waals surface area contributed by atoms with Gasteiger partial charge in [-0.1, -0.05) is 19.3 Å². The van der Waals surface area contributed by atoms with E-state index in [-0.39, 0.29) is 17.0 Å². The van der Waals surface area contributed by atoms with Gasteiger partial charge < -0.3 is 20.3 Å². The molecule has 168 valence electrons. The molecule has 0 aromatic heterocycles. The number of esters is 1. The van der Waals surface area contributed by atoms with Crippen LogP contribution in [0.25, 0.3) is 0 Å². The summed E-state index contributed by atoms with van der Waals surface area (Å²) in [6, 6.07) is 6.28. The minimum atomic E-state index is -0.672. The molecule has 0 bridgehead atoms. The molecule has 1 aromatic carbocycles. The van der Waals surface area contributed by atoms with Gasteiger partial charge in [0.05, 0.1) is 22.9 Å². The van der Waals surface area contributed by atoms with Crippen molar-refractivity contribution in [3.8, 4) is 6.07 Å². The molecule has 4 rings (SSSR count). The Morgan fingerprint density at radius 3 is 2.72 bits per heavy atom. The third kappa shape index (κ3) is 4.73. The van der Waals surface area contributed by atoms with Gasteiger partial charge in [-0.25, -0.2) is 9.79 Å². The van der Waals surface area contributed by atoms with Gasteiger partial charge in [-0.15, -0.1) is 0 Å². The molecule has 0 radical (unpaired) electrons. The Balaban J connectivity index is 1.66. The standard InChI is InChI=1S/C22H26N6O4/c23-13-17(22(29)32-14-15-4-2-1-3-5-15)20-21(27-10-8-24-9-11-27)26-19-12-16(28(30)31)6-7-18(19)25-20/h6-7,12,15,24-25H,1-5,8-11,14H2. The SMILES string of the molecule is N#CC(C(=O)OCC1CCCCC1)=C1Nc2ccc([N+](=O)[O-])cc2N=C1N1CCNCC1. The first kappa shape index (κ1) is 21.8. The number of aliphatic imine (C=N–C) groups is 1. The highest BCUT2D eigenvalue weighted by Crippen LogP contribution is 2.36. The lowest BCUT2D eigenvalue weighted by atomic mass is 9.90. The van der Waals surface area contributed by atoms with Crippen molar-refractivity contribution in [2.24, 2.45) is 10.9 Å². The molecule has 0 spiro atoms. The number of piperazine rings is 1. The summed E-state index contributed by atoms with van der Waals surface area (Å²) in [5.74, 6) is 0.0824. The first-order chi connectivity index (χ1) is 15.6. The molecule has 10 heteroatoms. The number of hydrogen-bond acceptors (Lipinski definition) is 9. The number of nitriles is 1. The summed E-state index contributed by atoms with van der Waals surface area (Å²) in [5.41, 5.74) is 0.960. The molecule has 1 saturated carbocycles. The number of carbonyl (C=O) groups excluding carboxylic acids is 1. The summed E-state index contributed by atoms with van der Waals surface area (Å²) in [5, 5.41) is 27.4. The van der Waals surface area contributed by atoms with E-state index in [0.717, 1.165) is 38.8 Å². The van der Waals surface area contributed by atoms with Gasteiger partial charge in [-0.05, 0) is 24.8 Å². The second-order valence-corrected chi connectivity index (χ2v) is 8.22. The largest absolute Gasteiger partial charge is 0.461 e. The second-order valence-electron chi connectivity index (χ2n) is 8.22. The van der Waals surface area contributed by atoms with E-state index in [1.807, 2.05) is 11.0 Å². The number of amidine groups is 1. The van der Waals surface area contributed by atoms with Crippen molar-refractivity contribution >= 4 is 28.9 Å². The number of anilines is 1. The Morgan fingerprint density at radius 1 is 1.28 bits per heavy atom. The van der Waals surface area contributed by atoms with Crippen LogP contribution < -0.4 is 10.6 Å². The highest BCUT2D eigenvalue weighted by atomic mass is 16.6. The maximum atomic E-state index is 12.9. The minimum Gasteiger partial charge on any atom is -0.461 e. The van der Waals surface area contributed by atoms with Gasteiger partial charge in [0.15, 0.2) is 11.4 Å². The molecule has 1 aromatic rings. The number of fused-ring (bicyclic) bond motifs is 1. The van der Waals surface area contributed by atoms with E-state index in [1.54, 1.807) is 0 Å². The quantitative estimate of drug-likeness (QED) is 0.241. The number of nitrogens with zero attached hydrogens (tertiary/aromatic N) is 4. The number of nitrogens with one attached hydrogen (secondary N) is 2. The summed E-state index contributed by atoms with van der Waals surface area (Å²) in [4.78, 5) is 30.2. The van der Waals surface area contributed by atoms with Crippen LogP contribution in [-0.2, 0) is 9.53 Å². The Hall–Kier alpha value is -3.45. The van der Waals surface area contributed by atoms with E-state index >= 15 is 0 Å². The molecule has 2 heterocycles. The highest BCUT2D eigenvalue weighted by Gasteiger charge is 2.30. The van der Waals surface area contributed by atoms with Crippen LogP contribution >= 0.6 is 0 Å². The van der Waals surface area contributed by atoms with Crippen molar-refractivity contribution in [1.29, 1.82) is 5.26 Å². The normalized spacial score (nSPS) is 20.3. The van der Waals surface area contributed by atoms with Crippen molar-refractivity contribution in [2.45, 2.75) is 32.1 Å².